The molecule has 2 N–H and O–H groups in total. The van der Waals surface area contributed by atoms with Crippen LogP contribution >= 0.6 is 11.3 Å². The van der Waals surface area contributed by atoms with E-state index in [4.69, 9.17) is 14.5 Å². The van der Waals surface area contributed by atoms with Crippen molar-refractivity contribution < 1.29 is 19.4 Å². The highest BCUT2D eigenvalue weighted by atomic mass is 32.1. The Kier molecular flexibility index (Phi) is 5.54. The number of benzene rings is 3. The zero-order valence-electron chi connectivity index (χ0n) is 16.5. The number of aromatic nitrogens is 1. The molecule has 0 saturated heterocycles. The van der Waals surface area contributed by atoms with Gasteiger partial charge in [0.1, 0.15) is 11.5 Å². The van der Waals surface area contributed by atoms with Crippen molar-refractivity contribution in [2.45, 2.75) is 6.42 Å². The van der Waals surface area contributed by atoms with Crippen LogP contribution in [0.1, 0.15) is 4.88 Å². The number of ether oxygens (including phenoxy) is 2. The first kappa shape index (κ1) is 19.7. The second-order valence-electron chi connectivity index (χ2n) is 6.58. The number of carboxylic acids is 1. The average molecular weight is 420 g/mol. The van der Waals surface area contributed by atoms with Crippen molar-refractivity contribution in [3.63, 3.8) is 0 Å². The number of hydrogen-bond acceptors (Lipinski definition) is 6. The Morgan fingerprint density at radius 2 is 1.87 bits per heavy atom. The van der Waals surface area contributed by atoms with Gasteiger partial charge in [-0.2, -0.15) is 0 Å². The van der Waals surface area contributed by atoms with E-state index in [2.05, 4.69) is 5.32 Å². The van der Waals surface area contributed by atoms with Gasteiger partial charge in [-0.05, 0) is 23.6 Å². The van der Waals surface area contributed by atoms with Crippen molar-refractivity contribution in [1.29, 1.82) is 0 Å². The minimum absolute atomic E-state index is 0.126. The summed E-state index contributed by atoms with van der Waals surface area (Å²) in [5, 5.41) is 15.6. The summed E-state index contributed by atoms with van der Waals surface area (Å²) in [7, 11) is 3.15. The van der Waals surface area contributed by atoms with E-state index in [9.17, 15) is 9.90 Å². The van der Waals surface area contributed by atoms with E-state index in [0.717, 1.165) is 22.0 Å². The van der Waals surface area contributed by atoms with Gasteiger partial charge in [0.2, 0.25) is 0 Å². The zero-order valence-corrected chi connectivity index (χ0v) is 17.3. The van der Waals surface area contributed by atoms with Crippen LogP contribution in [0.5, 0.6) is 11.5 Å². The van der Waals surface area contributed by atoms with Gasteiger partial charge >= 0.3 is 5.97 Å². The lowest BCUT2D eigenvalue weighted by atomic mass is 10.1. The first-order valence-electron chi connectivity index (χ1n) is 9.27. The summed E-state index contributed by atoms with van der Waals surface area (Å²) in [6.45, 7) is 0. The van der Waals surface area contributed by atoms with Crippen LogP contribution in [-0.4, -0.2) is 30.3 Å². The van der Waals surface area contributed by atoms with Crippen molar-refractivity contribution in [2.75, 3.05) is 19.5 Å². The molecule has 30 heavy (non-hydrogen) atoms. The lowest BCUT2D eigenvalue weighted by Gasteiger charge is -2.10. The minimum atomic E-state index is -0.913. The van der Waals surface area contributed by atoms with Gasteiger partial charge in [0.05, 0.1) is 26.3 Å². The van der Waals surface area contributed by atoms with Gasteiger partial charge in [-0.3, -0.25) is 4.79 Å². The number of fused-ring (bicyclic) bond motifs is 1. The Bertz CT molecular complexity index is 1210. The molecule has 1 heterocycles. The summed E-state index contributed by atoms with van der Waals surface area (Å²) in [6, 6.07) is 19.5. The van der Waals surface area contributed by atoms with Gasteiger partial charge < -0.3 is 19.9 Å². The number of thiazole rings is 1. The standard InChI is InChI=1S/C23H20N2O4S/c1-28-15-10-11-17(19(12-15)29-2)22-20(13-21(26)27)30-23(25-22)24-18-9-5-7-14-6-3-4-8-16(14)18/h3-12H,13H2,1-2H3,(H,24,25)(H,26,27). The average Bonchev–Trinajstić information content (AvgIpc) is 3.14. The Labute approximate surface area is 177 Å². The number of carbonyl (C=O) groups is 1. The molecule has 0 aliphatic carbocycles. The third-order valence-corrected chi connectivity index (χ3v) is 5.67. The normalized spacial score (nSPS) is 10.7. The number of anilines is 2. The molecule has 0 atom stereocenters. The van der Waals surface area contributed by atoms with Crippen molar-refractivity contribution in [3.8, 4) is 22.8 Å². The highest BCUT2D eigenvalue weighted by molar-refractivity contribution is 7.16. The number of hydrogen-bond donors (Lipinski definition) is 2. The lowest BCUT2D eigenvalue weighted by molar-refractivity contribution is -0.136. The predicted octanol–water partition coefficient (Wildman–Crippen LogP) is 5.35. The summed E-state index contributed by atoms with van der Waals surface area (Å²) < 4.78 is 10.8. The van der Waals surface area contributed by atoms with Crippen LogP contribution in [0.4, 0.5) is 10.8 Å². The maximum atomic E-state index is 11.5. The van der Waals surface area contributed by atoms with Crippen LogP contribution in [0.15, 0.2) is 60.7 Å². The molecule has 0 aliphatic heterocycles. The molecular weight excluding hydrogens is 400 g/mol. The Morgan fingerprint density at radius 3 is 2.63 bits per heavy atom. The Hall–Kier alpha value is -3.58. The highest BCUT2D eigenvalue weighted by Crippen LogP contribution is 2.39. The van der Waals surface area contributed by atoms with Crippen LogP contribution in [0.3, 0.4) is 0 Å². The molecule has 0 fully saturated rings. The molecule has 4 aromatic rings. The molecule has 0 bridgehead atoms. The second-order valence-corrected chi connectivity index (χ2v) is 7.66. The van der Waals surface area contributed by atoms with Crippen molar-refractivity contribution in [3.05, 3.63) is 65.5 Å². The molecular formula is C23H20N2O4S. The number of carboxylic acid groups (broad SMARTS) is 1. The van der Waals surface area contributed by atoms with Gasteiger partial charge in [0.15, 0.2) is 5.13 Å². The summed E-state index contributed by atoms with van der Waals surface area (Å²) in [6.07, 6.45) is -0.126. The molecule has 0 aliphatic rings. The molecule has 4 rings (SSSR count). The van der Waals surface area contributed by atoms with E-state index < -0.39 is 5.97 Å². The molecule has 0 saturated carbocycles. The molecule has 0 spiro atoms. The summed E-state index contributed by atoms with van der Waals surface area (Å²) in [5.74, 6) is 0.312. The number of rotatable bonds is 7. The summed E-state index contributed by atoms with van der Waals surface area (Å²) >= 11 is 1.33. The first-order chi connectivity index (χ1) is 14.6. The summed E-state index contributed by atoms with van der Waals surface area (Å²) in [5.41, 5.74) is 2.22. The van der Waals surface area contributed by atoms with E-state index in [1.54, 1.807) is 26.4 Å². The quantitative estimate of drug-likeness (QED) is 0.419. The van der Waals surface area contributed by atoms with Crippen LogP contribution in [0.25, 0.3) is 22.0 Å². The second kappa shape index (κ2) is 8.42. The van der Waals surface area contributed by atoms with Crippen LogP contribution in [0, 0.1) is 0 Å². The third kappa shape index (κ3) is 3.92. The first-order valence-corrected chi connectivity index (χ1v) is 10.1. The molecule has 1 aromatic heterocycles. The van der Waals surface area contributed by atoms with Gasteiger partial charge in [-0.15, -0.1) is 11.3 Å². The number of nitrogens with zero attached hydrogens (tertiary/aromatic N) is 1. The van der Waals surface area contributed by atoms with E-state index in [-0.39, 0.29) is 6.42 Å². The van der Waals surface area contributed by atoms with E-state index in [1.165, 1.54) is 11.3 Å². The number of aliphatic carboxylic acids is 1. The van der Waals surface area contributed by atoms with E-state index in [1.807, 2.05) is 48.5 Å². The fourth-order valence-corrected chi connectivity index (χ4v) is 4.30. The number of methoxy groups -OCH3 is 2. The zero-order chi connectivity index (χ0) is 21.1. The number of nitrogens with one attached hydrogen (secondary N) is 1. The SMILES string of the molecule is COc1ccc(-c2nc(Nc3cccc4ccccc34)sc2CC(=O)O)c(OC)c1. The Morgan fingerprint density at radius 1 is 1.07 bits per heavy atom. The highest BCUT2D eigenvalue weighted by Gasteiger charge is 2.20. The van der Waals surface area contributed by atoms with Crippen LogP contribution in [-0.2, 0) is 11.2 Å². The fourth-order valence-electron chi connectivity index (χ4n) is 3.32. The molecule has 152 valence electrons. The molecule has 0 amide bonds. The lowest BCUT2D eigenvalue weighted by Crippen LogP contribution is -2.00. The Balaban J connectivity index is 1.78. The molecule has 0 radical (unpaired) electrons. The monoisotopic (exact) mass is 420 g/mol. The van der Waals surface area contributed by atoms with Crippen molar-refractivity contribution >= 4 is 38.9 Å². The van der Waals surface area contributed by atoms with E-state index in [0.29, 0.717) is 27.2 Å². The van der Waals surface area contributed by atoms with Crippen molar-refractivity contribution in [1.82, 2.24) is 4.98 Å². The van der Waals surface area contributed by atoms with Gasteiger partial charge in [0, 0.05) is 27.6 Å². The maximum Gasteiger partial charge on any atom is 0.308 e. The maximum absolute atomic E-state index is 11.5. The van der Waals surface area contributed by atoms with Gasteiger partial charge in [-0.1, -0.05) is 36.4 Å². The summed E-state index contributed by atoms with van der Waals surface area (Å²) in [4.78, 5) is 16.8. The van der Waals surface area contributed by atoms with Crippen LogP contribution in [0.2, 0.25) is 0 Å². The molecule has 6 nitrogen and oxygen atoms in total. The minimum Gasteiger partial charge on any atom is -0.497 e. The molecule has 0 unspecified atom stereocenters. The third-order valence-electron chi connectivity index (χ3n) is 4.70. The molecule has 3 aromatic carbocycles. The largest absolute Gasteiger partial charge is 0.497 e. The van der Waals surface area contributed by atoms with E-state index >= 15 is 0 Å². The van der Waals surface area contributed by atoms with Gasteiger partial charge in [0.25, 0.3) is 0 Å². The van der Waals surface area contributed by atoms with Crippen LogP contribution < -0.4 is 14.8 Å². The topological polar surface area (TPSA) is 80.7 Å². The predicted molar refractivity (Wildman–Crippen MR) is 119 cm³/mol. The smallest absolute Gasteiger partial charge is 0.308 e. The fraction of sp³-hybridized carbons (Fsp3) is 0.130. The van der Waals surface area contributed by atoms with Crippen molar-refractivity contribution in [2.24, 2.45) is 0 Å². The van der Waals surface area contributed by atoms with Gasteiger partial charge in [-0.25, -0.2) is 4.98 Å². The molecule has 7 heteroatoms.